The summed E-state index contributed by atoms with van der Waals surface area (Å²) in [5.74, 6) is 0.581. The van der Waals surface area contributed by atoms with E-state index in [4.69, 9.17) is 4.74 Å². The van der Waals surface area contributed by atoms with Crippen LogP contribution in [0.4, 0.5) is 5.13 Å². The van der Waals surface area contributed by atoms with Crippen molar-refractivity contribution in [2.75, 3.05) is 12.4 Å². The molecule has 0 saturated heterocycles. The molecule has 0 radical (unpaired) electrons. The maximum absolute atomic E-state index is 11.5. The van der Waals surface area contributed by atoms with Crippen molar-refractivity contribution in [3.8, 4) is 16.3 Å². The Labute approximate surface area is 114 Å². The fourth-order valence-electron chi connectivity index (χ4n) is 1.38. The molecule has 1 heterocycles. The molecule has 4 N–H and O–H groups in total. The first-order valence-electron chi connectivity index (χ1n) is 5.72. The van der Waals surface area contributed by atoms with Crippen LogP contribution < -0.4 is 15.8 Å². The number of nitrogens with zero attached hydrogens (tertiary/aromatic N) is 2. The highest BCUT2D eigenvalue weighted by atomic mass is 32.1. The number of aromatic nitrogens is 2. The van der Waals surface area contributed by atoms with Gasteiger partial charge < -0.3 is 10.5 Å². The van der Waals surface area contributed by atoms with Crippen LogP contribution in [-0.2, 0) is 4.79 Å². The number of benzene rings is 1. The van der Waals surface area contributed by atoms with Crippen molar-refractivity contribution in [3.63, 3.8) is 0 Å². The lowest BCUT2D eigenvalue weighted by molar-refractivity contribution is -0.396. The van der Waals surface area contributed by atoms with E-state index in [1.165, 1.54) is 11.3 Å². The predicted molar refractivity (Wildman–Crippen MR) is 72.9 cm³/mol. The summed E-state index contributed by atoms with van der Waals surface area (Å²) in [6.07, 6.45) is 0. The van der Waals surface area contributed by atoms with E-state index in [-0.39, 0.29) is 11.9 Å². The van der Waals surface area contributed by atoms with Crippen LogP contribution in [-0.4, -0.2) is 29.3 Å². The van der Waals surface area contributed by atoms with Gasteiger partial charge in [-0.3, -0.25) is 10.1 Å². The molecule has 1 amide bonds. The number of ether oxygens (including phenoxy) is 1. The van der Waals surface area contributed by atoms with Gasteiger partial charge in [0.2, 0.25) is 5.13 Å². The van der Waals surface area contributed by atoms with Gasteiger partial charge >= 0.3 is 0 Å². The van der Waals surface area contributed by atoms with E-state index in [9.17, 15) is 4.79 Å². The highest BCUT2D eigenvalue weighted by molar-refractivity contribution is 7.18. The molecule has 0 aliphatic rings. The second-order valence-electron chi connectivity index (χ2n) is 4.03. The Morgan fingerprint density at radius 2 is 2.26 bits per heavy atom. The molecule has 6 nitrogen and oxygen atoms in total. The minimum Gasteiger partial charge on any atom is -0.497 e. The van der Waals surface area contributed by atoms with Gasteiger partial charge in [0.1, 0.15) is 10.8 Å². The average Bonchev–Trinajstić information content (AvgIpc) is 2.87. The molecule has 19 heavy (non-hydrogen) atoms. The van der Waals surface area contributed by atoms with Gasteiger partial charge in [0.25, 0.3) is 5.91 Å². The lowest BCUT2D eigenvalue weighted by Gasteiger charge is -2.01. The molecule has 1 atom stereocenters. The first-order chi connectivity index (χ1) is 9.10. The zero-order valence-electron chi connectivity index (χ0n) is 10.7. The molecule has 1 aromatic heterocycles. The second-order valence-corrected chi connectivity index (χ2v) is 5.01. The zero-order valence-corrected chi connectivity index (χ0v) is 11.5. The fourth-order valence-corrected chi connectivity index (χ4v) is 2.12. The molecule has 0 bridgehead atoms. The molecular weight excluding hydrogens is 264 g/mol. The normalized spacial score (nSPS) is 11.9. The summed E-state index contributed by atoms with van der Waals surface area (Å²) < 4.78 is 5.16. The molecule has 0 aliphatic heterocycles. The maximum Gasteiger partial charge on any atom is 0.284 e. The first-order valence-corrected chi connectivity index (χ1v) is 6.53. The molecule has 1 aromatic carbocycles. The van der Waals surface area contributed by atoms with Crippen molar-refractivity contribution in [3.05, 3.63) is 24.3 Å². The minimum absolute atomic E-state index is 0.173. The van der Waals surface area contributed by atoms with Gasteiger partial charge in [-0.05, 0) is 19.1 Å². The van der Waals surface area contributed by atoms with E-state index in [1.54, 1.807) is 14.0 Å². The molecule has 2 aromatic rings. The van der Waals surface area contributed by atoms with Gasteiger partial charge in [0, 0.05) is 5.56 Å². The quantitative estimate of drug-likeness (QED) is 0.865. The zero-order chi connectivity index (χ0) is 13.8. The van der Waals surface area contributed by atoms with Crippen LogP contribution in [0.2, 0.25) is 0 Å². The standard InChI is InChI=1S/C12H14N4O2S/c1-7(13)10(17)14-12-16-15-11(19-12)8-4-3-5-9(6-8)18-2/h3-7H,13H2,1-2H3,(H,14,16,17)/p+1/t7-/m0/s1. The Morgan fingerprint density at radius 1 is 1.47 bits per heavy atom. The lowest BCUT2D eigenvalue weighted by atomic mass is 10.2. The van der Waals surface area contributed by atoms with Crippen LogP contribution in [0.5, 0.6) is 5.75 Å². The Bertz CT molecular complexity index is 583. The number of methoxy groups -OCH3 is 1. The van der Waals surface area contributed by atoms with Crippen molar-refractivity contribution >= 4 is 22.4 Å². The number of carbonyl (C=O) groups is 1. The van der Waals surface area contributed by atoms with E-state index >= 15 is 0 Å². The van der Waals surface area contributed by atoms with Crippen LogP contribution >= 0.6 is 11.3 Å². The summed E-state index contributed by atoms with van der Waals surface area (Å²) >= 11 is 1.31. The van der Waals surface area contributed by atoms with E-state index in [0.29, 0.717) is 5.13 Å². The van der Waals surface area contributed by atoms with Gasteiger partial charge in [-0.15, -0.1) is 10.2 Å². The van der Waals surface area contributed by atoms with Gasteiger partial charge in [-0.1, -0.05) is 23.5 Å². The van der Waals surface area contributed by atoms with Crippen molar-refractivity contribution in [1.82, 2.24) is 10.2 Å². The number of anilines is 1. The SMILES string of the molecule is COc1cccc(-c2nnc(NC(=O)[C@H](C)[NH3+])s2)c1. The highest BCUT2D eigenvalue weighted by Crippen LogP contribution is 2.28. The smallest absolute Gasteiger partial charge is 0.284 e. The predicted octanol–water partition coefficient (Wildman–Crippen LogP) is 0.783. The van der Waals surface area contributed by atoms with Gasteiger partial charge in [-0.2, -0.15) is 0 Å². The van der Waals surface area contributed by atoms with Crippen LogP contribution in [0.1, 0.15) is 6.92 Å². The summed E-state index contributed by atoms with van der Waals surface area (Å²) in [6, 6.07) is 7.20. The lowest BCUT2D eigenvalue weighted by Crippen LogP contribution is -2.64. The number of hydrogen-bond donors (Lipinski definition) is 2. The first kappa shape index (κ1) is 13.4. The van der Waals surface area contributed by atoms with Crippen molar-refractivity contribution < 1.29 is 15.3 Å². The van der Waals surface area contributed by atoms with E-state index in [2.05, 4.69) is 21.2 Å². The number of amides is 1. The third-order valence-corrected chi connectivity index (χ3v) is 3.31. The monoisotopic (exact) mass is 279 g/mol. The molecule has 100 valence electrons. The van der Waals surface area contributed by atoms with Crippen LogP contribution in [0.15, 0.2) is 24.3 Å². The summed E-state index contributed by atoms with van der Waals surface area (Å²) in [5, 5.41) is 11.9. The van der Waals surface area contributed by atoms with Crippen LogP contribution in [0.25, 0.3) is 10.6 Å². The highest BCUT2D eigenvalue weighted by Gasteiger charge is 2.14. The third kappa shape index (κ3) is 3.27. The molecule has 0 saturated carbocycles. The average molecular weight is 279 g/mol. The van der Waals surface area contributed by atoms with Gasteiger partial charge in [0.05, 0.1) is 7.11 Å². The largest absolute Gasteiger partial charge is 0.497 e. The summed E-state index contributed by atoms with van der Waals surface area (Å²) in [5.41, 5.74) is 4.55. The molecule has 0 unspecified atom stereocenters. The number of quaternary nitrogens is 1. The number of hydrogen-bond acceptors (Lipinski definition) is 5. The third-order valence-electron chi connectivity index (χ3n) is 2.42. The van der Waals surface area contributed by atoms with Crippen LogP contribution in [0.3, 0.4) is 0 Å². The Morgan fingerprint density at radius 3 is 2.95 bits per heavy atom. The Balaban J connectivity index is 2.18. The number of nitrogens with one attached hydrogen (secondary N) is 1. The second kappa shape index (κ2) is 5.77. The van der Waals surface area contributed by atoms with Crippen LogP contribution in [0, 0.1) is 0 Å². The number of rotatable bonds is 4. The van der Waals surface area contributed by atoms with E-state index in [0.717, 1.165) is 16.3 Å². The summed E-state index contributed by atoms with van der Waals surface area (Å²) in [6.45, 7) is 1.72. The minimum atomic E-state index is -0.329. The van der Waals surface area contributed by atoms with Crippen molar-refractivity contribution in [2.45, 2.75) is 13.0 Å². The molecule has 0 fully saturated rings. The van der Waals surface area contributed by atoms with E-state index in [1.807, 2.05) is 24.3 Å². The van der Waals surface area contributed by atoms with Gasteiger partial charge in [-0.25, -0.2) is 0 Å². The van der Waals surface area contributed by atoms with E-state index < -0.39 is 0 Å². The molecular formula is C12H15N4O2S+. The summed E-state index contributed by atoms with van der Waals surface area (Å²) in [4.78, 5) is 11.5. The maximum atomic E-state index is 11.5. The van der Waals surface area contributed by atoms with Crippen molar-refractivity contribution in [1.29, 1.82) is 0 Å². The topological polar surface area (TPSA) is 91.8 Å². The van der Waals surface area contributed by atoms with Gasteiger partial charge in [0.15, 0.2) is 6.04 Å². The molecule has 0 spiro atoms. The Hall–Kier alpha value is -1.99. The Kier molecular flexibility index (Phi) is 4.08. The molecule has 0 aliphatic carbocycles. The molecule has 7 heteroatoms. The van der Waals surface area contributed by atoms with Crippen molar-refractivity contribution in [2.24, 2.45) is 0 Å². The molecule has 2 rings (SSSR count). The number of carbonyl (C=O) groups excluding carboxylic acids is 1. The fraction of sp³-hybridized carbons (Fsp3) is 0.250. The summed E-state index contributed by atoms with van der Waals surface area (Å²) in [7, 11) is 1.61.